The molecule has 2 aromatic rings. The van der Waals surface area contributed by atoms with Crippen LogP contribution in [0.4, 0.5) is 0 Å². The van der Waals surface area contributed by atoms with Crippen LogP contribution in [0.3, 0.4) is 0 Å². The zero-order valence-corrected chi connectivity index (χ0v) is 12.9. The molecule has 0 saturated heterocycles. The summed E-state index contributed by atoms with van der Waals surface area (Å²) in [5.74, 6) is -1.04. The number of hydrogen-bond acceptors (Lipinski definition) is 2. The van der Waals surface area contributed by atoms with E-state index in [1.54, 1.807) is 30.3 Å². The summed E-state index contributed by atoms with van der Waals surface area (Å²) in [6.07, 6.45) is 0.370. The van der Waals surface area contributed by atoms with Crippen LogP contribution >= 0.6 is 23.2 Å². The summed E-state index contributed by atoms with van der Waals surface area (Å²) in [7, 11) is 1.52. The van der Waals surface area contributed by atoms with Crippen LogP contribution < -0.4 is 4.74 Å². The van der Waals surface area contributed by atoms with Crippen molar-refractivity contribution in [1.29, 1.82) is 0 Å². The topological polar surface area (TPSA) is 46.5 Å². The Kier molecular flexibility index (Phi) is 5.10. The standard InChI is InChI=1S/C16H14Cl2O3/c1-21-15-7-4-11(9-14(15)18)13(16(19)20)8-10-2-5-12(17)6-3-10/h2-7,9,13H,8H2,1H3,(H,19,20). The van der Waals surface area contributed by atoms with Gasteiger partial charge in [0.15, 0.2) is 0 Å². The molecule has 0 spiro atoms. The molecule has 2 aromatic carbocycles. The molecule has 1 unspecified atom stereocenters. The van der Waals surface area contributed by atoms with Gasteiger partial charge in [0, 0.05) is 5.02 Å². The Labute approximate surface area is 133 Å². The summed E-state index contributed by atoms with van der Waals surface area (Å²) in [4.78, 5) is 11.5. The molecule has 1 N–H and O–H groups in total. The lowest BCUT2D eigenvalue weighted by atomic mass is 9.92. The molecule has 2 rings (SSSR count). The van der Waals surface area contributed by atoms with E-state index < -0.39 is 11.9 Å². The average molecular weight is 325 g/mol. The number of carboxylic acid groups (broad SMARTS) is 1. The van der Waals surface area contributed by atoms with Gasteiger partial charge in [-0.3, -0.25) is 4.79 Å². The highest BCUT2D eigenvalue weighted by Crippen LogP contribution is 2.30. The summed E-state index contributed by atoms with van der Waals surface area (Å²) < 4.78 is 5.08. The van der Waals surface area contributed by atoms with E-state index in [0.717, 1.165) is 5.56 Å². The van der Waals surface area contributed by atoms with Crippen molar-refractivity contribution < 1.29 is 14.6 Å². The van der Waals surface area contributed by atoms with Crippen LogP contribution in [0.1, 0.15) is 17.0 Å². The van der Waals surface area contributed by atoms with Crippen LogP contribution in [0, 0.1) is 0 Å². The maximum absolute atomic E-state index is 11.5. The summed E-state index contributed by atoms with van der Waals surface area (Å²) in [5, 5.41) is 10.5. The number of aliphatic carboxylic acids is 1. The molecule has 0 heterocycles. The molecule has 1 atom stereocenters. The number of carboxylic acids is 1. The minimum absolute atomic E-state index is 0.370. The molecular formula is C16H14Cl2O3. The fraction of sp³-hybridized carbons (Fsp3) is 0.188. The number of rotatable bonds is 5. The molecule has 110 valence electrons. The highest BCUT2D eigenvalue weighted by atomic mass is 35.5. The molecule has 0 bridgehead atoms. The van der Waals surface area contributed by atoms with Crippen LogP contribution in [-0.2, 0) is 11.2 Å². The summed E-state index contributed by atoms with van der Waals surface area (Å²) in [6.45, 7) is 0. The maximum Gasteiger partial charge on any atom is 0.311 e. The van der Waals surface area contributed by atoms with Crippen LogP contribution in [0.15, 0.2) is 42.5 Å². The monoisotopic (exact) mass is 324 g/mol. The number of benzene rings is 2. The normalized spacial score (nSPS) is 12.0. The van der Waals surface area contributed by atoms with Gasteiger partial charge in [0.1, 0.15) is 5.75 Å². The second-order valence-corrected chi connectivity index (χ2v) is 5.46. The van der Waals surface area contributed by atoms with Gasteiger partial charge in [0.25, 0.3) is 0 Å². The van der Waals surface area contributed by atoms with Gasteiger partial charge in [-0.1, -0.05) is 41.4 Å². The summed E-state index contributed by atoms with van der Waals surface area (Å²) >= 11 is 11.9. The van der Waals surface area contributed by atoms with Crippen LogP contribution in [0.25, 0.3) is 0 Å². The largest absolute Gasteiger partial charge is 0.495 e. The molecule has 0 aliphatic heterocycles. The number of ether oxygens (including phenoxy) is 1. The lowest BCUT2D eigenvalue weighted by Gasteiger charge is -2.14. The molecule has 0 aliphatic carbocycles. The van der Waals surface area contributed by atoms with E-state index in [-0.39, 0.29) is 0 Å². The maximum atomic E-state index is 11.5. The molecule has 3 nitrogen and oxygen atoms in total. The lowest BCUT2D eigenvalue weighted by molar-refractivity contribution is -0.138. The Morgan fingerprint density at radius 1 is 1.19 bits per heavy atom. The predicted molar refractivity (Wildman–Crippen MR) is 83.5 cm³/mol. The molecule has 0 radical (unpaired) electrons. The number of methoxy groups -OCH3 is 1. The Morgan fingerprint density at radius 3 is 2.38 bits per heavy atom. The van der Waals surface area contributed by atoms with Gasteiger partial charge in [0.05, 0.1) is 18.1 Å². The minimum Gasteiger partial charge on any atom is -0.495 e. The molecular weight excluding hydrogens is 311 g/mol. The highest BCUT2D eigenvalue weighted by Gasteiger charge is 2.21. The molecule has 0 fully saturated rings. The third-order valence-corrected chi connectivity index (χ3v) is 3.78. The Balaban J connectivity index is 2.28. The minimum atomic E-state index is -0.897. The van der Waals surface area contributed by atoms with Crippen molar-refractivity contribution in [2.75, 3.05) is 7.11 Å². The quantitative estimate of drug-likeness (QED) is 0.885. The summed E-state index contributed by atoms with van der Waals surface area (Å²) in [5.41, 5.74) is 1.54. The van der Waals surface area contributed by atoms with E-state index in [1.165, 1.54) is 7.11 Å². The molecule has 21 heavy (non-hydrogen) atoms. The molecule has 0 aromatic heterocycles. The SMILES string of the molecule is COc1ccc(C(Cc2ccc(Cl)cc2)C(=O)O)cc1Cl. The van der Waals surface area contributed by atoms with Crippen molar-refractivity contribution in [3.63, 3.8) is 0 Å². The van der Waals surface area contributed by atoms with Crippen molar-refractivity contribution >= 4 is 29.2 Å². The van der Waals surface area contributed by atoms with Gasteiger partial charge in [-0.05, 0) is 41.8 Å². The van der Waals surface area contributed by atoms with E-state index in [1.807, 2.05) is 12.1 Å². The molecule has 0 saturated carbocycles. The Hall–Kier alpha value is -1.71. The molecule has 0 aliphatic rings. The summed E-state index contributed by atoms with van der Waals surface area (Å²) in [6, 6.07) is 12.2. The van der Waals surface area contributed by atoms with Gasteiger partial charge in [-0.15, -0.1) is 0 Å². The second kappa shape index (κ2) is 6.83. The third kappa shape index (κ3) is 3.90. The van der Waals surface area contributed by atoms with E-state index in [9.17, 15) is 9.90 Å². The average Bonchev–Trinajstić information content (AvgIpc) is 2.46. The Bertz CT molecular complexity index is 638. The predicted octanol–water partition coefficient (Wildman–Crippen LogP) is 4.41. The fourth-order valence-corrected chi connectivity index (χ4v) is 2.50. The first-order chi connectivity index (χ1) is 10.0. The smallest absolute Gasteiger partial charge is 0.311 e. The van der Waals surface area contributed by atoms with Crippen molar-refractivity contribution in [3.05, 3.63) is 63.6 Å². The lowest BCUT2D eigenvalue weighted by Crippen LogP contribution is -2.14. The van der Waals surface area contributed by atoms with E-state index in [0.29, 0.717) is 27.8 Å². The molecule has 0 amide bonds. The van der Waals surface area contributed by atoms with E-state index in [4.69, 9.17) is 27.9 Å². The zero-order valence-electron chi connectivity index (χ0n) is 11.3. The van der Waals surface area contributed by atoms with Gasteiger partial charge in [-0.25, -0.2) is 0 Å². The first-order valence-electron chi connectivity index (χ1n) is 6.32. The fourth-order valence-electron chi connectivity index (χ4n) is 2.10. The van der Waals surface area contributed by atoms with E-state index >= 15 is 0 Å². The van der Waals surface area contributed by atoms with Crippen molar-refractivity contribution in [2.45, 2.75) is 12.3 Å². The van der Waals surface area contributed by atoms with Gasteiger partial charge in [-0.2, -0.15) is 0 Å². The van der Waals surface area contributed by atoms with Crippen LogP contribution in [0.5, 0.6) is 5.75 Å². The van der Waals surface area contributed by atoms with Crippen LogP contribution in [-0.4, -0.2) is 18.2 Å². The van der Waals surface area contributed by atoms with Gasteiger partial charge in [0.2, 0.25) is 0 Å². The van der Waals surface area contributed by atoms with Crippen molar-refractivity contribution in [2.24, 2.45) is 0 Å². The number of hydrogen-bond donors (Lipinski definition) is 1. The highest BCUT2D eigenvalue weighted by molar-refractivity contribution is 6.32. The zero-order chi connectivity index (χ0) is 15.4. The third-order valence-electron chi connectivity index (χ3n) is 3.23. The van der Waals surface area contributed by atoms with Crippen molar-refractivity contribution in [1.82, 2.24) is 0 Å². The van der Waals surface area contributed by atoms with Crippen molar-refractivity contribution in [3.8, 4) is 5.75 Å². The molecule has 5 heteroatoms. The van der Waals surface area contributed by atoms with E-state index in [2.05, 4.69) is 0 Å². The van der Waals surface area contributed by atoms with Gasteiger partial charge >= 0.3 is 5.97 Å². The van der Waals surface area contributed by atoms with Crippen LogP contribution in [0.2, 0.25) is 10.0 Å². The number of carbonyl (C=O) groups is 1. The Morgan fingerprint density at radius 2 is 1.86 bits per heavy atom. The second-order valence-electron chi connectivity index (χ2n) is 4.62. The number of halogens is 2. The van der Waals surface area contributed by atoms with Gasteiger partial charge < -0.3 is 9.84 Å². The first-order valence-corrected chi connectivity index (χ1v) is 7.07. The first kappa shape index (κ1) is 15.7.